The third-order valence-electron chi connectivity index (χ3n) is 16.7. The Morgan fingerprint density at radius 1 is 0.980 bits per heavy atom. The van der Waals surface area contributed by atoms with E-state index in [4.69, 9.17) is 4.42 Å². The van der Waals surface area contributed by atoms with E-state index in [1.54, 1.807) is 34.8 Å². The number of hydrogen-bond donors (Lipinski definition) is 2. The summed E-state index contributed by atoms with van der Waals surface area (Å²) in [5.41, 5.74) is -2.11. The van der Waals surface area contributed by atoms with E-state index in [1.807, 2.05) is 5.38 Å². The molecule has 9 aliphatic rings. The lowest BCUT2D eigenvalue weighted by molar-refractivity contribution is -0.175. The molecule has 50 heavy (non-hydrogen) atoms. The van der Waals surface area contributed by atoms with Crippen LogP contribution in [0.5, 0.6) is 0 Å². The Balaban J connectivity index is 1.12. The van der Waals surface area contributed by atoms with Gasteiger partial charge in [-0.05, 0) is 128 Å². The summed E-state index contributed by atoms with van der Waals surface area (Å²) < 4.78 is 36.8. The molecule has 2 N–H and O–H groups in total. The van der Waals surface area contributed by atoms with Crippen molar-refractivity contribution < 1.29 is 27.8 Å². The molecule has 2 aromatic heterocycles. The number of allylic oxidation sites excluding steroid dienone is 4. The van der Waals surface area contributed by atoms with E-state index in [-0.39, 0.29) is 40.9 Å². The Morgan fingerprint density at radius 3 is 2.44 bits per heavy atom. The van der Waals surface area contributed by atoms with Crippen LogP contribution in [0.1, 0.15) is 102 Å². The standard InChI is InChI=1S/C41H53NO6S2/c1-36(2)27-10-9-26(29(36)21-27)24-42(50(46,47)34-8-6-20-49-34)25-40(45)16-13-33-38(40,4)15-12-32-37(3)14-11-28(43)22-39(37)17-18-41(32,33)30(23-39)35(44)31-7-5-19-48-31/h5-8,17-20,23,26-29,32-33,43,45H,9-16,21-22,24-25H2,1-4H3. The molecule has 11 unspecified atom stereocenters. The lowest BCUT2D eigenvalue weighted by Gasteiger charge is -2.71. The quantitative estimate of drug-likeness (QED) is 0.212. The fourth-order valence-corrected chi connectivity index (χ4v) is 16.4. The van der Waals surface area contributed by atoms with Crippen molar-refractivity contribution in [1.29, 1.82) is 0 Å². The molecule has 9 aliphatic carbocycles. The molecule has 11 rings (SSSR count). The zero-order valence-corrected chi connectivity index (χ0v) is 31.6. The number of aliphatic hydroxyl groups is 2. The van der Waals surface area contributed by atoms with Gasteiger partial charge >= 0.3 is 0 Å². The molecule has 6 fully saturated rings. The number of carbonyl (C=O) groups excluding carboxylic acids is 1. The first-order valence-electron chi connectivity index (χ1n) is 19.1. The summed E-state index contributed by atoms with van der Waals surface area (Å²) in [7, 11) is -3.84. The van der Waals surface area contributed by atoms with Crippen LogP contribution in [0.4, 0.5) is 0 Å². The molecule has 2 aromatic rings. The lowest BCUT2D eigenvalue weighted by atomic mass is 9.32. The van der Waals surface area contributed by atoms with E-state index in [9.17, 15) is 23.4 Å². The Labute approximate surface area is 301 Å². The molecule has 0 aliphatic heterocycles. The maximum absolute atomic E-state index is 14.6. The van der Waals surface area contributed by atoms with Crippen LogP contribution in [0.25, 0.3) is 0 Å². The second-order valence-corrected chi connectivity index (χ2v) is 21.7. The Morgan fingerprint density at radius 2 is 1.74 bits per heavy atom. The number of furan rings is 1. The predicted molar refractivity (Wildman–Crippen MR) is 193 cm³/mol. The normalized spacial score (nSPS) is 45.4. The van der Waals surface area contributed by atoms with Crippen LogP contribution in [0.2, 0.25) is 0 Å². The average Bonchev–Trinajstić information content (AvgIpc) is 3.87. The van der Waals surface area contributed by atoms with E-state index < -0.39 is 38.0 Å². The first-order valence-corrected chi connectivity index (χ1v) is 21.4. The first-order chi connectivity index (χ1) is 23.6. The van der Waals surface area contributed by atoms with Gasteiger partial charge in [0, 0.05) is 34.9 Å². The van der Waals surface area contributed by atoms with Crippen molar-refractivity contribution in [2.75, 3.05) is 13.1 Å². The molecule has 6 saturated carbocycles. The second-order valence-electron chi connectivity index (χ2n) is 18.5. The minimum atomic E-state index is -3.84. The van der Waals surface area contributed by atoms with E-state index >= 15 is 0 Å². The highest BCUT2D eigenvalue weighted by Crippen LogP contribution is 2.78. The highest BCUT2D eigenvalue weighted by molar-refractivity contribution is 7.91. The molecule has 0 saturated heterocycles. The van der Waals surface area contributed by atoms with Crippen molar-refractivity contribution in [3.63, 3.8) is 0 Å². The van der Waals surface area contributed by atoms with Crippen molar-refractivity contribution in [3.8, 4) is 0 Å². The van der Waals surface area contributed by atoms with Crippen LogP contribution in [-0.2, 0) is 10.0 Å². The molecule has 0 amide bonds. The van der Waals surface area contributed by atoms with Crippen LogP contribution in [0, 0.1) is 56.7 Å². The van der Waals surface area contributed by atoms with Crippen LogP contribution in [0.15, 0.2) is 68.3 Å². The highest BCUT2D eigenvalue weighted by atomic mass is 32.2. The molecule has 0 aromatic carbocycles. The van der Waals surface area contributed by atoms with E-state index in [0.717, 1.165) is 50.0 Å². The third kappa shape index (κ3) is 4.19. The molecule has 2 heterocycles. The number of nitrogens with zero attached hydrogens (tertiary/aromatic N) is 1. The summed E-state index contributed by atoms with van der Waals surface area (Å²) in [5, 5.41) is 25.9. The number of aliphatic hydroxyl groups excluding tert-OH is 1. The number of Topliss-reactive ketones (excluding diaryl/α,β-unsaturated/α-hetero) is 1. The maximum Gasteiger partial charge on any atom is 0.252 e. The molecule has 11 atom stereocenters. The van der Waals surface area contributed by atoms with Crippen molar-refractivity contribution in [2.24, 2.45) is 56.7 Å². The summed E-state index contributed by atoms with van der Waals surface area (Å²) in [6, 6.07) is 6.99. The largest absolute Gasteiger partial charge is 0.461 e. The lowest BCUT2D eigenvalue weighted by Crippen LogP contribution is -2.67. The number of fused-ring (bicyclic) bond motifs is 3. The molecular weight excluding hydrogens is 667 g/mol. The fraction of sp³-hybridized carbons (Fsp3) is 0.683. The van der Waals surface area contributed by atoms with Gasteiger partial charge in [0.2, 0.25) is 5.78 Å². The molecule has 9 heteroatoms. The van der Waals surface area contributed by atoms with Gasteiger partial charge < -0.3 is 14.6 Å². The Hall–Kier alpha value is -2.04. The van der Waals surface area contributed by atoms with Gasteiger partial charge in [0.1, 0.15) is 4.21 Å². The Bertz CT molecular complexity index is 1860. The summed E-state index contributed by atoms with van der Waals surface area (Å²) in [6.45, 7) is 9.77. The molecule has 2 spiro atoms. The van der Waals surface area contributed by atoms with E-state index in [1.165, 1.54) is 17.8 Å². The topological polar surface area (TPSA) is 108 Å². The number of hydrogen-bond acceptors (Lipinski definition) is 7. The highest BCUT2D eigenvalue weighted by Gasteiger charge is 2.75. The van der Waals surface area contributed by atoms with Gasteiger partial charge in [0.25, 0.3) is 10.0 Å². The number of thiophene rings is 1. The summed E-state index contributed by atoms with van der Waals surface area (Å²) >= 11 is 1.25. The monoisotopic (exact) mass is 719 g/mol. The molecule has 270 valence electrons. The Kier molecular flexibility index (Phi) is 7.28. The van der Waals surface area contributed by atoms with Crippen molar-refractivity contribution >= 4 is 27.1 Å². The number of ketones is 1. The van der Waals surface area contributed by atoms with Gasteiger partial charge in [-0.1, -0.05) is 52.0 Å². The zero-order chi connectivity index (χ0) is 35.1. The van der Waals surface area contributed by atoms with Crippen molar-refractivity contribution in [1.82, 2.24) is 4.31 Å². The number of sulfonamides is 1. The van der Waals surface area contributed by atoms with Crippen molar-refractivity contribution in [2.45, 2.75) is 108 Å². The van der Waals surface area contributed by atoms with Crippen LogP contribution in [0.3, 0.4) is 0 Å². The first kappa shape index (κ1) is 33.8. The van der Waals surface area contributed by atoms with E-state index in [2.05, 4.69) is 45.9 Å². The summed E-state index contributed by atoms with van der Waals surface area (Å²) in [5.74, 6) is 1.79. The molecular formula is C41H53NO6S2. The van der Waals surface area contributed by atoms with Crippen LogP contribution < -0.4 is 0 Å². The molecule has 7 nitrogen and oxygen atoms in total. The van der Waals surface area contributed by atoms with E-state index in [0.29, 0.717) is 41.7 Å². The minimum Gasteiger partial charge on any atom is -0.461 e. The van der Waals surface area contributed by atoms with Gasteiger partial charge in [-0.15, -0.1) is 11.3 Å². The van der Waals surface area contributed by atoms with Gasteiger partial charge in [-0.2, -0.15) is 4.31 Å². The molecule has 4 bridgehead atoms. The SMILES string of the molecule is CC1(C)C2CCC(CN(CC3(O)CCC4C56C=CC7(C=C5C(=O)c5ccco5)CC(O)CCC7(C)C6CCC43C)S(=O)(=O)c3cccs3)C1C2. The smallest absolute Gasteiger partial charge is 0.252 e. The predicted octanol–water partition coefficient (Wildman–Crippen LogP) is 7.88. The number of rotatable bonds is 8. The van der Waals surface area contributed by atoms with Crippen LogP contribution >= 0.6 is 11.3 Å². The van der Waals surface area contributed by atoms with Gasteiger partial charge in [0.05, 0.1) is 18.0 Å². The number of carbonyl (C=O) groups is 1. The van der Waals surface area contributed by atoms with Crippen LogP contribution in [-0.4, -0.2) is 53.5 Å². The fourth-order valence-electron chi connectivity index (χ4n) is 13.7. The summed E-state index contributed by atoms with van der Waals surface area (Å²) in [6.07, 6.45) is 16.3. The second kappa shape index (κ2) is 10.8. The van der Waals surface area contributed by atoms with Crippen molar-refractivity contribution in [3.05, 3.63) is 65.5 Å². The molecule has 0 radical (unpaired) electrons. The average molecular weight is 720 g/mol. The van der Waals surface area contributed by atoms with Gasteiger partial charge in [-0.3, -0.25) is 4.79 Å². The maximum atomic E-state index is 14.6. The van der Waals surface area contributed by atoms with Gasteiger partial charge in [0.15, 0.2) is 5.76 Å². The third-order valence-corrected chi connectivity index (χ3v) is 19.9. The minimum absolute atomic E-state index is 0.0607. The summed E-state index contributed by atoms with van der Waals surface area (Å²) in [4.78, 5) is 14.6. The zero-order valence-electron chi connectivity index (χ0n) is 29.9. The van der Waals surface area contributed by atoms with Gasteiger partial charge in [-0.25, -0.2) is 8.42 Å².